The molecule has 2 heteroatoms. The highest BCUT2D eigenvalue weighted by molar-refractivity contribution is 7.99. The van der Waals surface area contributed by atoms with Crippen molar-refractivity contribution in [2.45, 2.75) is 82.5 Å². The molecule has 0 bridgehead atoms. The van der Waals surface area contributed by atoms with Crippen LogP contribution in [0.5, 0.6) is 0 Å². The molecule has 0 amide bonds. The summed E-state index contributed by atoms with van der Waals surface area (Å²) < 4.78 is 0. The zero-order valence-electron chi connectivity index (χ0n) is 11.3. The van der Waals surface area contributed by atoms with Gasteiger partial charge < -0.3 is 5.32 Å². The van der Waals surface area contributed by atoms with Crippen LogP contribution in [0.1, 0.15) is 65.2 Å². The van der Waals surface area contributed by atoms with E-state index in [1.54, 1.807) is 0 Å². The fourth-order valence-corrected chi connectivity index (χ4v) is 3.39. The SMILES string of the molecule is CCCCCC(C)NC1CCC(SC)CC1. The second kappa shape index (κ2) is 8.41. The lowest BCUT2D eigenvalue weighted by molar-refractivity contribution is 0.337. The Hall–Kier alpha value is 0.310. The minimum Gasteiger partial charge on any atom is -0.312 e. The van der Waals surface area contributed by atoms with E-state index in [9.17, 15) is 0 Å². The Labute approximate surface area is 106 Å². The number of hydrogen-bond acceptors (Lipinski definition) is 2. The van der Waals surface area contributed by atoms with E-state index in [1.807, 2.05) is 0 Å². The molecule has 1 nitrogen and oxygen atoms in total. The highest BCUT2D eigenvalue weighted by atomic mass is 32.2. The maximum Gasteiger partial charge on any atom is 0.00703 e. The molecule has 0 aliphatic heterocycles. The maximum atomic E-state index is 3.81. The molecule has 1 aliphatic rings. The zero-order valence-corrected chi connectivity index (χ0v) is 12.1. The first kappa shape index (κ1) is 14.4. The van der Waals surface area contributed by atoms with E-state index in [4.69, 9.17) is 0 Å². The molecular weight excluding hydrogens is 214 g/mol. The van der Waals surface area contributed by atoms with Gasteiger partial charge in [-0.25, -0.2) is 0 Å². The Morgan fingerprint density at radius 2 is 1.88 bits per heavy atom. The number of unbranched alkanes of at least 4 members (excludes halogenated alkanes) is 2. The first-order valence-electron chi connectivity index (χ1n) is 7.05. The Balaban J connectivity index is 2.08. The van der Waals surface area contributed by atoms with Crippen molar-refractivity contribution in [3.05, 3.63) is 0 Å². The minimum atomic E-state index is 0.724. The van der Waals surface area contributed by atoms with Gasteiger partial charge in [0.15, 0.2) is 0 Å². The molecule has 0 aromatic carbocycles. The minimum absolute atomic E-state index is 0.724. The highest BCUT2D eigenvalue weighted by Crippen LogP contribution is 2.27. The van der Waals surface area contributed by atoms with Crippen molar-refractivity contribution in [2.24, 2.45) is 0 Å². The van der Waals surface area contributed by atoms with E-state index < -0.39 is 0 Å². The van der Waals surface area contributed by atoms with Crippen LogP contribution in [0.4, 0.5) is 0 Å². The van der Waals surface area contributed by atoms with Gasteiger partial charge in [0.25, 0.3) is 0 Å². The Kier molecular flexibility index (Phi) is 7.55. The fourth-order valence-electron chi connectivity index (χ4n) is 2.65. The molecule has 1 rings (SSSR count). The topological polar surface area (TPSA) is 12.0 Å². The van der Waals surface area contributed by atoms with Crippen molar-refractivity contribution < 1.29 is 0 Å². The number of nitrogens with one attached hydrogen (secondary N) is 1. The van der Waals surface area contributed by atoms with Gasteiger partial charge in [-0.3, -0.25) is 0 Å². The summed E-state index contributed by atoms with van der Waals surface area (Å²) in [6, 6.07) is 1.53. The van der Waals surface area contributed by atoms with Crippen LogP contribution in [0.15, 0.2) is 0 Å². The molecule has 1 fully saturated rings. The van der Waals surface area contributed by atoms with E-state index in [2.05, 4.69) is 37.2 Å². The molecule has 0 aromatic heterocycles. The molecule has 0 saturated heterocycles. The standard InChI is InChI=1S/C14H29NS/c1-4-5-6-7-12(2)15-13-8-10-14(16-3)11-9-13/h12-15H,4-11H2,1-3H3. The van der Waals surface area contributed by atoms with Crippen LogP contribution < -0.4 is 5.32 Å². The molecule has 0 spiro atoms. The Morgan fingerprint density at radius 3 is 2.44 bits per heavy atom. The van der Waals surface area contributed by atoms with E-state index in [1.165, 1.54) is 51.4 Å². The molecule has 1 atom stereocenters. The smallest absolute Gasteiger partial charge is 0.00703 e. The molecule has 16 heavy (non-hydrogen) atoms. The molecule has 0 aromatic rings. The van der Waals surface area contributed by atoms with E-state index in [0.717, 1.165) is 17.3 Å². The molecule has 1 saturated carbocycles. The van der Waals surface area contributed by atoms with E-state index in [-0.39, 0.29) is 0 Å². The van der Waals surface area contributed by atoms with Crippen molar-refractivity contribution in [1.82, 2.24) is 5.32 Å². The second-order valence-corrected chi connectivity index (χ2v) is 6.41. The normalized spacial score (nSPS) is 27.9. The summed E-state index contributed by atoms with van der Waals surface area (Å²) in [5, 5.41) is 4.75. The monoisotopic (exact) mass is 243 g/mol. The lowest BCUT2D eigenvalue weighted by Gasteiger charge is -2.30. The van der Waals surface area contributed by atoms with Crippen LogP contribution in [0, 0.1) is 0 Å². The van der Waals surface area contributed by atoms with Crippen molar-refractivity contribution >= 4 is 11.8 Å². The third kappa shape index (κ3) is 5.58. The van der Waals surface area contributed by atoms with Crippen molar-refractivity contribution in [1.29, 1.82) is 0 Å². The molecule has 96 valence electrons. The van der Waals surface area contributed by atoms with Gasteiger partial charge in [-0.1, -0.05) is 26.2 Å². The molecule has 1 N–H and O–H groups in total. The van der Waals surface area contributed by atoms with Crippen LogP contribution in [-0.2, 0) is 0 Å². The summed E-state index contributed by atoms with van der Waals surface area (Å²) in [4.78, 5) is 0. The van der Waals surface area contributed by atoms with Gasteiger partial charge in [0.1, 0.15) is 0 Å². The van der Waals surface area contributed by atoms with Gasteiger partial charge in [0, 0.05) is 17.3 Å². The van der Waals surface area contributed by atoms with Gasteiger partial charge in [0.05, 0.1) is 0 Å². The first-order valence-corrected chi connectivity index (χ1v) is 8.33. The average molecular weight is 243 g/mol. The molecule has 0 radical (unpaired) electrons. The van der Waals surface area contributed by atoms with Crippen LogP contribution in [0.2, 0.25) is 0 Å². The highest BCUT2D eigenvalue weighted by Gasteiger charge is 2.21. The molecule has 1 aliphatic carbocycles. The molecular formula is C14H29NS. The molecule has 0 heterocycles. The van der Waals surface area contributed by atoms with Crippen molar-refractivity contribution in [2.75, 3.05) is 6.26 Å². The summed E-state index contributed by atoms with van der Waals surface area (Å²) in [7, 11) is 0. The molecule has 1 unspecified atom stereocenters. The summed E-state index contributed by atoms with van der Waals surface area (Å²) in [5.41, 5.74) is 0. The lowest BCUT2D eigenvalue weighted by atomic mass is 9.94. The van der Waals surface area contributed by atoms with Gasteiger partial charge >= 0.3 is 0 Å². The summed E-state index contributed by atoms with van der Waals surface area (Å²) in [5.74, 6) is 0. The predicted octanol–water partition coefficient (Wildman–Crippen LogP) is 4.22. The van der Waals surface area contributed by atoms with E-state index in [0.29, 0.717) is 0 Å². The summed E-state index contributed by atoms with van der Waals surface area (Å²) >= 11 is 2.06. The Bertz CT molecular complexity index is 164. The number of hydrogen-bond donors (Lipinski definition) is 1. The van der Waals surface area contributed by atoms with E-state index >= 15 is 0 Å². The van der Waals surface area contributed by atoms with Gasteiger partial charge in [0.2, 0.25) is 0 Å². The van der Waals surface area contributed by atoms with Crippen LogP contribution in [0.25, 0.3) is 0 Å². The largest absolute Gasteiger partial charge is 0.312 e. The number of thioether (sulfide) groups is 1. The predicted molar refractivity (Wildman–Crippen MR) is 76.3 cm³/mol. The summed E-state index contributed by atoms with van der Waals surface area (Å²) in [6.07, 6.45) is 13.4. The van der Waals surface area contributed by atoms with Crippen LogP contribution >= 0.6 is 11.8 Å². The average Bonchev–Trinajstić information content (AvgIpc) is 2.30. The second-order valence-electron chi connectivity index (χ2n) is 5.27. The fraction of sp³-hybridized carbons (Fsp3) is 1.00. The van der Waals surface area contributed by atoms with Gasteiger partial charge in [-0.15, -0.1) is 0 Å². The third-order valence-electron chi connectivity index (χ3n) is 3.77. The zero-order chi connectivity index (χ0) is 11.8. The van der Waals surface area contributed by atoms with Crippen molar-refractivity contribution in [3.63, 3.8) is 0 Å². The first-order chi connectivity index (χ1) is 7.76. The third-order valence-corrected chi connectivity index (χ3v) is 4.91. The maximum absolute atomic E-state index is 3.81. The van der Waals surface area contributed by atoms with Gasteiger partial charge in [-0.05, 0) is 45.3 Å². The Morgan fingerprint density at radius 1 is 1.19 bits per heavy atom. The quantitative estimate of drug-likeness (QED) is 0.672. The summed E-state index contributed by atoms with van der Waals surface area (Å²) in [6.45, 7) is 4.64. The van der Waals surface area contributed by atoms with Crippen LogP contribution in [-0.4, -0.2) is 23.6 Å². The lowest BCUT2D eigenvalue weighted by Crippen LogP contribution is -2.39. The van der Waals surface area contributed by atoms with Crippen LogP contribution in [0.3, 0.4) is 0 Å². The van der Waals surface area contributed by atoms with Crippen molar-refractivity contribution in [3.8, 4) is 0 Å². The van der Waals surface area contributed by atoms with Gasteiger partial charge in [-0.2, -0.15) is 11.8 Å². The number of rotatable bonds is 7.